The second-order valence-electron chi connectivity index (χ2n) is 8.62. The van der Waals surface area contributed by atoms with Crippen molar-refractivity contribution >= 4 is 12.6 Å². The van der Waals surface area contributed by atoms with Crippen LogP contribution in [0, 0.1) is 27.7 Å². The molecule has 0 saturated heterocycles. The molecule has 4 heteroatoms. The van der Waals surface area contributed by atoms with Crippen LogP contribution < -0.4 is 0 Å². The SMILES string of the molecule is Cc1c(C=O)c(C=O)c(C)n1CCc1ccccc1.Cc1ccc(C)n1CCc1ccccc1. The lowest BCUT2D eigenvalue weighted by Gasteiger charge is -2.09. The van der Waals surface area contributed by atoms with Crippen LogP contribution in [0.5, 0.6) is 0 Å². The molecule has 0 aliphatic carbocycles. The largest absolute Gasteiger partial charge is 0.349 e. The monoisotopic (exact) mass is 454 g/mol. The lowest BCUT2D eigenvalue weighted by Crippen LogP contribution is -2.05. The van der Waals surface area contributed by atoms with E-state index in [1.54, 1.807) is 0 Å². The molecule has 0 fully saturated rings. The van der Waals surface area contributed by atoms with E-state index in [-0.39, 0.29) is 0 Å². The topological polar surface area (TPSA) is 44.0 Å². The molecule has 4 nitrogen and oxygen atoms in total. The first-order valence-corrected chi connectivity index (χ1v) is 11.8. The quantitative estimate of drug-likeness (QED) is 0.292. The number of carbonyl (C=O) groups excluding carboxylic acids is 2. The predicted octanol–water partition coefficient (Wildman–Crippen LogP) is 6.32. The zero-order valence-electron chi connectivity index (χ0n) is 20.6. The average Bonchev–Trinajstić information content (AvgIpc) is 3.31. The van der Waals surface area contributed by atoms with Crippen LogP contribution in [0.15, 0.2) is 72.8 Å². The van der Waals surface area contributed by atoms with Crippen molar-refractivity contribution in [1.29, 1.82) is 0 Å². The Kier molecular flexibility index (Phi) is 8.80. The van der Waals surface area contributed by atoms with E-state index in [9.17, 15) is 9.59 Å². The molecular weight excluding hydrogens is 420 g/mol. The maximum atomic E-state index is 11.1. The number of aromatic nitrogens is 2. The van der Waals surface area contributed by atoms with Gasteiger partial charge in [-0.1, -0.05) is 60.7 Å². The highest BCUT2D eigenvalue weighted by Crippen LogP contribution is 2.20. The van der Waals surface area contributed by atoms with Crippen LogP contribution in [0.25, 0.3) is 0 Å². The van der Waals surface area contributed by atoms with Crippen molar-refractivity contribution < 1.29 is 9.59 Å². The van der Waals surface area contributed by atoms with E-state index < -0.39 is 0 Å². The third-order valence-electron chi connectivity index (χ3n) is 6.47. The first-order chi connectivity index (χ1) is 16.5. The summed E-state index contributed by atoms with van der Waals surface area (Å²) in [5, 5.41) is 0. The van der Waals surface area contributed by atoms with Crippen LogP contribution in [-0.2, 0) is 25.9 Å². The standard InChI is InChI=1S/C16H17NO2.C14H17N/c1-12-15(10-18)16(11-19)13(2)17(12)9-8-14-6-4-3-5-7-14;1-12-8-9-13(2)15(12)11-10-14-6-4-3-5-7-14/h3-7,10-11H,8-9H2,1-2H3;3-9H,10-11H2,1-2H3. The summed E-state index contributed by atoms with van der Waals surface area (Å²) in [5.74, 6) is 0. The highest BCUT2D eigenvalue weighted by molar-refractivity contribution is 5.93. The Labute approximate surface area is 202 Å². The normalized spacial score (nSPS) is 10.5. The van der Waals surface area contributed by atoms with Gasteiger partial charge in [-0.2, -0.15) is 0 Å². The predicted molar refractivity (Wildman–Crippen MR) is 139 cm³/mol. The minimum absolute atomic E-state index is 0.514. The summed E-state index contributed by atoms with van der Waals surface area (Å²) in [4.78, 5) is 22.1. The number of aldehydes is 2. The molecule has 0 aliphatic rings. The Morgan fingerprint density at radius 1 is 0.559 bits per heavy atom. The highest BCUT2D eigenvalue weighted by atomic mass is 16.1. The molecule has 0 atom stereocenters. The van der Waals surface area contributed by atoms with Crippen molar-refractivity contribution in [2.75, 3.05) is 0 Å². The van der Waals surface area contributed by atoms with Crippen molar-refractivity contribution in [1.82, 2.24) is 9.13 Å². The smallest absolute Gasteiger partial charge is 0.152 e. The number of benzene rings is 2. The van der Waals surface area contributed by atoms with Gasteiger partial charge in [0.2, 0.25) is 0 Å². The summed E-state index contributed by atoms with van der Waals surface area (Å²) in [7, 11) is 0. The van der Waals surface area contributed by atoms with Crippen LogP contribution in [0.1, 0.15) is 54.6 Å². The van der Waals surface area contributed by atoms with Crippen LogP contribution in [0.4, 0.5) is 0 Å². The fourth-order valence-corrected chi connectivity index (χ4v) is 4.39. The minimum atomic E-state index is 0.514. The molecule has 4 rings (SSSR count). The molecule has 0 saturated carbocycles. The molecule has 34 heavy (non-hydrogen) atoms. The maximum absolute atomic E-state index is 11.1. The van der Waals surface area contributed by atoms with Gasteiger partial charge in [0.25, 0.3) is 0 Å². The number of carbonyl (C=O) groups is 2. The van der Waals surface area contributed by atoms with Gasteiger partial charge in [0.1, 0.15) is 0 Å². The van der Waals surface area contributed by atoms with Crippen LogP contribution >= 0.6 is 0 Å². The minimum Gasteiger partial charge on any atom is -0.349 e. The zero-order chi connectivity index (χ0) is 24.5. The van der Waals surface area contributed by atoms with Gasteiger partial charge < -0.3 is 9.13 Å². The highest BCUT2D eigenvalue weighted by Gasteiger charge is 2.16. The fraction of sp³-hybridized carbons (Fsp3) is 0.267. The van der Waals surface area contributed by atoms with Crippen molar-refractivity contribution in [2.24, 2.45) is 0 Å². The number of hydrogen-bond acceptors (Lipinski definition) is 2. The van der Waals surface area contributed by atoms with Gasteiger partial charge in [0.15, 0.2) is 12.6 Å². The molecule has 2 aromatic carbocycles. The van der Waals surface area contributed by atoms with E-state index in [2.05, 4.69) is 73.0 Å². The molecule has 0 bridgehead atoms. The molecule has 0 unspecified atom stereocenters. The van der Waals surface area contributed by atoms with E-state index in [4.69, 9.17) is 0 Å². The number of aryl methyl sites for hydroxylation is 4. The van der Waals surface area contributed by atoms with E-state index >= 15 is 0 Å². The molecule has 0 radical (unpaired) electrons. The number of rotatable bonds is 8. The molecule has 0 amide bonds. The average molecular weight is 455 g/mol. The third-order valence-corrected chi connectivity index (χ3v) is 6.47. The van der Waals surface area contributed by atoms with Crippen molar-refractivity contribution in [2.45, 2.75) is 53.6 Å². The lowest BCUT2D eigenvalue weighted by atomic mass is 10.1. The maximum Gasteiger partial charge on any atom is 0.152 e. The molecule has 0 N–H and O–H groups in total. The van der Waals surface area contributed by atoms with E-state index in [0.29, 0.717) is 11.1 Å². The zero-order valence-corrected chi connectivity index (χ0v) is 20.6. The van der Waals surface area contributed by atoms with Gasteiger partial charge in [-0.25, -0.2) is 0 Å². The van der Waals surface area contributed by atoms with Gasteiger partial charge in [-0.3, -0.25) is 9.59 Å². The second-order valence-corrected chi connectivity index (χ2v) is 8.62. The van der Waals surface area contributed by atoms with Crippen molar-refractivity contribution in [3.63, 3.8) is 0 Å². The van der Waals surface area contributed by atoms with Gasteiger partial charge in [-0.15, -0.1) is 0 Å². The number of nitrogens with zero attached hydrogens (tertiary/aromatic N) is 2. The Morgan fingerprint density at radius 2 is 0.941 bits per heavy atom. The van der Waals surface area contributed by atoms with Gasteiger partial charge in [0.05, 0.1) is 0 Å². The van der Waals surface area contributed by atoms with Gasteiger partial charge >= 0.3 is 0 Å². The molecule has 2 aromatic heterocycles. The Hall–Kier alpha value is -3.66. The number of hydrogen-bond donors (Lipinski definition) is 0. The van der Waals surface area contributed by atoms with Crippen LogP contribution in [0.3, 0.4) is 0 Å². The Bertz CT molecular complexity index is 1170. The molecular formula is C30H34N2O2. The van der Waals surface area contributed by atoms with Crippen LogP contribution in [0.2, 0.25) is 0 Å². The first kappa shape index (κ1) is 25.0. The van der Waals surface area contributed by atoms with E-state index in [0.717, 1.165) is 49.9 Å². The molecule has 0 spiro atoms. The Balaban J connectivity index is 0.000000196. The van der Waals surface area contributed by atoms with Crippen molar-refractivity contribution in [3.8, 4) is 0 Å². The Morgan fingerprint density at radius 3 is 1.32 bits per heavy atom. The molecule has 0 aliphatic heterocycles. The summed E-state index contributed by atoms with van der Waals surface area (Å²) in [6.07, 6.45) is 3.53. The van der Waals surface area contributed by atoms with Crippen LogP contribution in [-0.4, -0.2) is 21.7 Å². The van der Waals surface area contributed by atoms with Crippen molar-refractivity contribution in [3.05, 3.63) is 118 Å². The fourth-order valence-electron chi connectivity index (χ4n) is 4.39. The lowest BCUT2D eigenvalue weighted by molar-refractivity contribution is 0.109. The third kappa shape index (κ3) is 6.02. The summed E-state index contributed by atoms with van der Waals surface area (Å²) in [5.41, 5.74) is 8.12. The van der Waals surface area contributed by atoms with Gasteiger partial charge in [0, 0.05) is 47.0 Å². The summed E-state index contributed by atoms with van der Waals surface area (Å²) in [6.45, 7) is 9.95. The molecule has 4 aromatic rings. The molecule has 176 valence electrons. The van der Waals surface area contributed by atoms with E-state index in [1.165, 1.54) is 22.5 Å². The summed E-state index contributed by atoms with van der Waals surface area (Å²) >= 11 is 0. The summed E-state index contributed by atoms with van der Waals surface area (Å²) in [6, 6.07) is 25.2. The van der Waals surface area contributed by atoms with Gasteiger partial charge in [-0.05, 0) is 63.8 Å². The first-order valence-electron chi connectivity index (χ1n) is 11.8. The van der Waals surface area contributed by atoms with E-state index in [1.807, 2.05) is 36.6 Å². The molecule has 2 heterocycles. The second kappa shape index (κ2) is 12.0. The summed E-state index contributed by atoms with van der Waals surface area (Å²) < 4.78 is 4.41.